The fourth-order valence-corrected chi connectivity index (χ4v) is 1.61. The number of hydrogen-bond donors (Lipinski definition) is 2. The summed E-state index contributed by atoms with van der Waals surface area (Å²) in [6.45, 7) is 2.88. The van der Waals surface area contributed by atoms with Crippen LogP contribution in [0, 0.1) is 6.92 Å². The van der Waals surface area contributed by atoms with Crippen molar-refractivity contribution in [2.45, 2.75) is 6.92 Å². The maximum absolute atomic E-state index is 11.6. The van der Waals surface area contributed by atoms with Crippen LogP contribution in [0.25, 0.3) is 11.3 Å². The highest BCUT2D eigenvalue weighted by Gasteiger charge is 2.11. The van der Waals surface area contributed by atoms with Gasteiger partial charge >= 0.3 is 0 Å². The molecule has 1 aromatic heterocycles. The van der Waals surface area contributed by atoms with E-state index in [0.717, 1.165) is 5.56 Å². The van der Waals surface area contributed by atoms with E-state index in [-0.39, 0.29) is 5.91 Å². The molecule has 0 spiro atoms. The number of furan rings is 1. The van der Waals surface area contributed by atoms with Crippen LogP contribution in [-0.4, -0.2) is 19.0 Å². The molecule has 0 saturated carbocycles. The summed E-state index contributed by atoms with van der Waals surface area (Å²) in [4.78, 5) is 11.6. The predicted molar refractivity (Wildman–Crippen MR) is 70.3 cm³/mol. The summed E-state index contributed by atoms with van der Waals surface area (Å²) in [6.07, 6.45) is 0. The molecule has 0 aliphatic carbocycles. The van der Waals surface area contributed by atoms with Crippen molar-refractivity contribution >= 4 is 5.91 Å². The van der Waals surface area contributed by atoms with E-state index >= 15 is 0 Å². The van der Waals surface area contributed by atoms with Crippen LogP contribution in [0.5, 0.6) is 0 Å². The Morgan fingerprint density at radius 3 is 2.61 bits per heavy atom. The van der Waals surface area contributed by atoms with Crippen LogP contribution in [0.3, 0.4) is 0 Å². The van der Waals surface area contributed by atoms with Gasteiger partial charge in [-0.1, -0.05) is 29.8 Å². The van der Waals surface area contributed by atoms with Crippen molar-refractivity contribution in [3.63, 3.8) is 0 Å². The Labute approximate surface area is 106 Å². The molecule has 94 valence electrons. The number of benzene rings is 1. The van der Waals surface area contributed by atoms with Gasteiger partial charge in [-0.25, -0.2) is 0 Å². The number of amides is 1. The average molecular weight is 244 g/mol. The smallest absolute Gasteiger partial charge is 0.287 e. The SMILES string of the molecule is Cc1ccc(-c2ccc(C(=O)NCCN)o2)cc1. The van der Waals surface area contributed by atoms with Gasteiger partial charge in [0.15, 0.2) is 5.76 Å². The first-order chi connectivity index (χ1) is 8.70. The van der Waals surface area contributed by atoms with Gasteiger partial charge in [-0.3, -0.25) is 4.79 Å². The molecule has 2 aromatic rings. The quantitative estimate of drug-likeness (QED) is 0.863. The summed E-state index contributed by atoms with van der Waals surface area (Å²) >= 11 is 0. The van der Waals surface area contributed by atoms with Gasteiger partial charge < -0.3 is 15.5 Å². The Bertz CT molecular complexity index is 529. The second kappa shape index (κ2) is 5.51. The summed E-state index contributed by atoms with van der Waals surface area (Å²) in [5, 5.41) is 2.66. The molecule has 1 aromatic carbocycles. The molecule has 0 aliphatic rings. The number of hydrogen-bond acceptors (Lipinski definition) is 3. The normalized spacial score (nSPS) is 10.3. The van der Waals surface area contributed by atoms with Crippen LogP contribution < -0.4 is 11.1 Å². The summed E-state index contributed by atoms with van der Waals surface area (Å²) in [5.74, 6) is 0.755. The fraction of sp³-hybridized carbons (Fsp3) is 0.214. The minimum absolute atomic E-state index is 0.237. The maximum atomic E-state index is 11.6. The molecular weight excluding hydrogens is 228 g/mol. The molecule has 1 heterocycles. The topological polar surface area (TPSA) is 68.3 Å². The number of nitrogens with one attached hydrogen (secondary N) is 1. The van der Waals surface area contributed by atoms with Gasteiger partial charge in [-0.15, -0.1) is 0 Å². The molecule has 4 heteroatoms. The standard InChI is InChI=1S/C14H16N2O2/c1-10-2-4-11(5-3-10)12-6-7-13(18-12)14(17)16-9-8-15/h2-7H,8-9,15H2,1H3,(H,16,17). The monoisotopic (exact) mass is 244 g/mol. The first-order valence-electron chi connectivity index (χ1n) is 5.86. The van der Waals surface area contributed by atoms with Crippen molar-refractivity contribution in [1.29, 1.82) is 0 Å². The third kappa shape index (κ3) is 2.78. The first kappa shape index (κ1) is 12.4. The van der Waals surface area contributed by atoms with E-state index in [1.807, 2.05) is 31.2 Å². The van der Waals surface area contributed by atoms with Gasteiger partial charge in [0.25, 0.3) is 5.91 Å². The zero-order chi connectivity index (χ0) is 13.0. The predicted octanol–water partition coefficient (Wildman–Crippen LogP) is 1.94. The Morgan fingerprint density at radius 1 is 1.22 bits per heavy atom. The van der Waals surface area contributed by atoms with Crippen LogP contribution in [0.1, 0.15) is 16.1 Å². The minimum atomic E-state index is -0.237. The Morgan fingerprint density at radius 2 is 1.94 bits per heavy atom. The zero-order valence-electron chi connectivity index (χ0n) is 10.3. The van der Waals surface area contributed by atoms with Gasteiger partial charge in [0, 0.05) is 18.7 Å². The largest absolute Gasteiger partial charge is 0.451 e. The highest BCUT2D eigenvalue weighted by molar-refractivity contribution is 5.92. The summed E-state index contributed by atoms with van der Waals surface area (Å²) in [5.41, 5.74) is 7.46. The van der Waals surface area contributed by atoms with Crippen LogP contribution >= 0.6 is 0 Å². The Hall–Kier alpha value is -2.07. The number of rotatable bonds is 4. The zero-order valence-corrected chi connectivity index (χ0v) is 10.3. The lowest BCUT2D eigenvalue weighted by atomic mass is 10.1. The molecule has 1 amide bonds. The lowest BCUT2D eigenvalue weighted by molar-refractivity contribution is 0.0928. The van der Waals surface area contributed by atoms with Gasteiger partial charge in [-0.2, -0.15) is 0 Å². The summed E-state index contributed by atoms with van der Waals surface area (Å²) < 4.78 is 5.52. The van der Waals surface area contributed by atoms with Crippen LogP contribution in [0.15, 0.2) is 40.8 Å². The van der Waals surface area contributed by atoms with Crippen LogP contribution in [-0.2, 0) is 0 Å². The highest BCUT2D eigenvalue weighted by atomic mass is 16.3. The Kier molecular flexibility index (Phi) is 3.79. The van der Waals surface area contributed by atoms with Crippen LogP contribution in [0.4, 0.5) is 0 Å². The molecule has 4 nitrogen and oxygen atoms in total. The second-order valence-electron chi connectivity index (χ2n) is 4.07. The number of carbonyl (C=O) groups is 1. The van der Waals surface area contributed by atoms with Crippen molar-refractivity contribution in [3.8, 4) is 11.3 Å². The van der Waals surface area contributed by atoms with Gasteiger partial charge in [0.2, 0.25) is 0 Å². The number of carbonyl (C=O) groups excluding carboxylic acids is 1. The minimum Gasteiger partial charge on any atom is -0.451 e. The van der Waals surface area contributed by atoms with E-state index in [1.54, 1.807) is 12.1 Å². The molecule has 3 N–H and O–H groups in total. The van der Waals surface area contributed by atoms with Crippen molar-refractivity contribution in [3.05, 3.63) is 47.7 Å². The van der Waals surface area contributed by atoms with E-state index in [9.17, 15) is 4.79 Å². The molecule has 0 radical (unpaired) electrons. The summed E-state index contributed by atoms with van der Waals surface area (Å²) in [7, 11) is 0. The molecule has 0 saturated heterocycles. The fourth-order valence-electron chi connectivity index (χ4n) is 1.61. The molecule has 0 atom stereocenters. The number of aryl methyl sites for hydroxylation is 1. The van der Waals surface area contributed by atoms with Crippen molar-refractivity contribution in [1.82, 2.24) is 5.32 Å². The second-order valence-corrected chi connectivity index (χ2v) is 4.07. The lowest BCUT2D eigenvalue weighted by Crippen LogP contribution is -2.28. The summed E-state index contributed by atoms with van der Waals surface area (Å²) in [6, 6.07) is 11.4. The van der Waals surface area contributed by atoms with Crippen molar-refractivity contribution in [2.75, 3.05) is 13.1 Å². The average Bonchev–Trinajstić information content (AvgIpc) is 2.86. The third-order valence-corrected chi connectivity index (χ3v) is 2.60. The molecular formula is C14H16N2O2. The van der Waals surface area contributed by atoms with E-state index in [0.29, 0.717) is 24.6 Å². The van der Waals surface area contributed by atoms with Crippen molar-refractivity contribution < 1.29 is 9.21 Å². The molecule has 0 bridgehead atoms. The van der Waals surface area contributed by atoms with E-state index in [4.69, 9.17) is 10.2 Å². The Balaban J connectivity index is 2.15. The van der Waals surface area contributed by atoms with E-state index in [2.05, 4.69) is 5.32 Å². The molecule has 0 unspecified atom stereocenters. The third-order valence-electron chi connectivity index (χ3n) is 2.60. The van der Waals surface area contributed by atoms with E-state index < -0.39 is 0 Å². The van der Waals surface area contributed by atoms with Gasteiger partial charge in [0.05, 0.1) is 0 Å². The van der Waals surface area contributed by atoms with Crippen LogP contribution in [0.2, 0.25) is 0 Å². The van der Waals surface area contributed by atoms with E-state index in [1.165, 1.54) is 5.56 Å². The van der Waals surface area contributed by atoms with Gasteiger partial charge in [0.1, 0.15) is 5.76 Å². The number of nitrogens with two attached hydrogens (primary N) is 1. The maximum Gasteiger partial charge on any atom is 0.287 e. The molecule has 2 rings (SSSR count). The van der Waals surface area contributed by atoms with Crippen molar-refractivity contribution in [2.24, 2.45) is 5.73 Å². The lowest BCUT2D eigenvalue weighted by Gasteiger charge is -2.00. The highest BCUT2D eigenvalue weighted by Crippen LogP contribution is 2.22. The molecule has 0 fully saturated rings. The first-order valence-corrected chi connectivity index (χ1v) is 5.86. The molecule has 0 aliphatic heterocycles. The molecule has 18 heavy (non-hydrogen) atoms. The van der Waals surface area contributed by atoms with Gasteiger partial charge in [-0.05, 0) is 19.1 Å².